The van der Waals surface area contributed by atoms with E-state index in [0.717, 1.165) is 19.4 Å². The highest BCUT2D eigenvalue weighted by molar-refractivity contribution is 5.94. The van der Waals surface area contributed by atoms with Crippen molar-refractivity contribution in [2.45, 2.75) is 19.8 Å². The summed E-state index contributed by atoms with van der Waals surface area (Å²) < 4.78 is 9.24. The number of rotatable bonds is 9. The number of esters is 2. The van der Waals surface area contributed by atoms with Crippen LogP contribution in [0.25, 0.3) is 0 Å². The molecule has 0 saturated carbocycles. The first-order valence-electron chi connectivity index (χ1n) is 10.1. The van der Waals surface area contributed by atoms with Gasteiger partial charge in [-0.05, 0) is 43.5 Å². The molecule has 6 heteroatoms. The summed E-state index contributed by atoms with van der Waals surface area (Å²) in [5.74, 6) is -1.04. The van der Waals surface area contributed by atoms with Crippen LogP contribution in [0.4, 0.5) is 0 Å². The molecule has 0 radical (unpaired) electrons. The van der Waals surface area contributed by atoms with Gasteiger partial charge in [0.05, 0.1) is 19.8 Å². The van der Waals surface area contributed by atoms with E-state index in [-0.39, 0.29) is 0 Å². The molecule has 0 fully saturated rings. The summed E-state index contributed by atoms with van der Waals surface area (Å²) in [6.45, 7) is 3.17. The second kappa shape index (κ2) is 15.5. The molecular formula is C25H32N2O4. The maximum atomic E-state index is 11.8. The van der Waals surface area contributed by atoms with Crippen LogP contribution in [-0.2, 0) is 31.9 Å². The molecule has 0 heterocycles. The molecule has 0 unspecified atom stereocenters. The first kappa shape index (κ1) is 25.7. The summed E-state index contributed by atoms with van der Waals surface area (Å²) in [4.78, 5) is 22.9. The predicted octanol–water partition coefficient (Wildman–Crippen LogP) is 3.18. The van der Waals surface area contributed by atoms with Crippen LogP contribution in [0, 0.1) is 0 Å². The Kier molecular flexibility index (Phi) is 12.8. The first-order valence-corrected chi connectivity index (χ1v) is 10.1. The lowest BCUT2D eigenvalue weighted by Crippen LogP contribution is -2.19. The second-order valence-electron chi connectivity index (χ2n) is 6.57. The van der Waals surface area contributed by atoms with Crippen molar-refractivity contribution in [2.24, 2.45) is 5.73 Å². The van der Waals surface area contributed by atoms with Gasteiger partial charge in [-0.2, -0.15) is 0 Å². The third-order valence-electron chi connectivity index (χ3n) is 4.32. The van der Waals surface area contributed by atoms with Crippen LogP contribution in [0.1, 0.15) is 18.1 Å². The number of allylic oxidation sites excluding steroid dienone is 1. The number of methoxy groups -OCH3 is 2. The summed E-state index contributed by atoms with van der Waals surface area (Å²) in [7, 11) is 2.57. The minimum Gasteiger partial charge on any atom is -0.466 e. The molecule has 2 aromatic rings. The Bertz CT molecular complexity index is 846. The number of hydrogen-bond acceptors (Lipinski definition) is 6. The molecule has 2 rings (SSSR count). The summed E-state index contributed by atoms with van der Waals surface area (Å²) >= 11 is 0. The maximum Gasteiger partial charge on any atom is 0.339 e. The van der Waals surface area contributed by atoms with Crippen molar-refractivity contribution in [1.29, 1.82) is 0 Å². The van der Waals surface area contributed by atoms with Crippen molar-refractivity contribution in [3.05, 3.63) is 95.2 Å². The predicted molar refractivity (Wildman–Crippen MR) is 123 cm³/mol. The van der Waals surface area contributed by atoms with Crippen molar-refractivity contribution in [3.63, 3.8) is 0 Å². The lowest BCUT2D eigenvalue weighted by Gasteiger charge is -2.10. The van der Waals surface area contributed by atoms with Gasteiger partial charge in [0.1, 0.15) is 0 Å². The van der Waals surface area contributed by atoms with Crippen LogP contribution in [0.15, 0.2) is 84.1 Å². The molecule has 166 valence electrons. The molecule has 31 heavy (non-hydrogen) atoms. The van der Waals surface area contributed by atoms with Gasteiger partial charge in [0.2, 0.25) is 0 Å². The Labute approximate surface area is 184 Å². The fourth-order valence-corrected chi connectivity index (χ4v) is 2.62. The summed E-state index contributed by atoms with van der Waals surface area (Å²) in [6.07, 6.45) is 4.39. The molecule has 0 atom stereocenters. The summed E-state index contributed by atoms with van der Waals surface area (Å²) in [5, 5.41) is 3.16. The Balaban J connectivity index is 0.000000442. The lowest BCUT2D eigenvalue weighted by molar-refractivity contribution is -0.135. The van der Waals surface area contributed by atoms with Crippen LogP contribution in [0.3, 0.4) is 0 Å². The number of carbonyl (C=O) groups is 2. The first-order chi connectivity index (χ1) is 15.0. The zero-order chi connectivity index (χ0) is 22.9. The van der Waals surface area contributed by atoms with Gasteiger partial charge in [0.25, 0.3) is 0 Å². The quantitative estimate of drug-likeness (QED) is 0.365. The highest BCUT2D eigenvalue weighted by atomic mass is 16.5. The van der Waals surface area contributed by atoms with Gasteiger partial charge in [-0.1, -0.05) is 60.7 Å². The Morgan fingerprint density at radius 2 is 1.42 bits per heavy atom. The van der Waals surface area contributed by atoms with E-state index >= 15 is 0 Å². The fourth-order valence-electron chi connectivity index (χ4n) is 2.62. The molecule has 0 aliphatic carbocycles. The van der Waals surface area contributed by atoms with Crippen LogP contribution in [0.5, 0.6) is 0 Å². The third kappa shape index (κ3) is 10.8. The Morgan fingerprint density at radius 3 is 1.90 bits per heavy atom. The highest BCUT2D eigenvalue weighted by Crippen LogP contribution is 2.07. The number of nitrogens with one attached hydrogen (secondary N) is 1. The Hall–Kier alpha value is -3.38. The zero-order valence-electron chi connectivity index (χ0n) is 18.5. The molecule has 2 aromatic carbocycles. The molecule has 3 N–H and O–H groups in total. The van der Waals surface area contributed by atoms with E-state index < -0.39 is 11.9 Å². The van der Waals surface area contributed by atoms with Gasteiger partial charge in [0.15, 0.2) is 0 Å². The molecular weight excluding hydrogens is 392 g/mol. The number of carbonyl (C=O) groups excluding carboxylic acids is 2. The molecule has 0 bridgehead atoms. The maximum absolute atomic E-state index is 11.8. The van der Waals surface area contributed by atoms with Crippen molar-refractivity contribution in [2.75, 3.05) is 27.3 Å². The second-order valence-corrected chi connectivity index (χ2v) is 6.57. The van der Waals surface area contributed by atoms with Gasteiger partial charge in [-0.3, -0.25) is 0 Å². The largest absolute Gasteiger partial charge is 0.466 e. The summed E-state index contributed by atoms with van der Waals surface area (Å²) in [6, 6.07) is 20.3. The smallest absolute Gasteiger partial charge is 0.339 e. The Morgan fingerprint density at radius 1 is 0.871 bits per heavy atom. The van der Waals surface area contributed by atoms with Gasteiger partial charge >= 0.3 is 11.9 Å². The zero-order valence-corrected chi connectivity index (χ0v) is 18.5. The van der Waals surface area contributed by atoms with Crippen molar-refractivity contribution in [1.82, 2.24) is 5.32 Å². The van der Waals surface area contributed by atoms with Crippen LogP contribution in [0.2, 0.25) is 0 Å². The average Bonchev–Trinajstić information content (AvgIpc) is 2.81. The van der Waals surface area contributed by atoms with Gasteiger partial charge in [-0.15, -0.1) is 0 Å². The van der Waals surface area contributed by atoms with E-state index in [1.807, 2.05) is 48.5 Å². The van der Waals surface area contributed by atoms with Gasteiger partial charge < -0.3 is 20.5 Å². The van der Waals surface area contributed by atoms with E-state index in [4.69, 9.17) is 10.5 Å². The van der Waals surface area contributed by atoms with E-state index in [1.165, 1.54) is 37.5 Å². The normalized spacial score (nSPS) is 11.1. The van der Waals surface area contributed by atoms with Crippen molar-refractivity contribution >= 4 is 11.9 Å². The summed E-state index contributed by atoms with van der Waals surface area (Å²) in [5.41, 5.74) is 8.82. The topological polar surface area (TPSA) is 90.7 Å². The van der Waals surface area contributed by atoms with Gasteiger partial charge in [0, 0.05) is 18.3 Å². The molecule has 0 aromatic heterocycles. The standard InChI is InChI=1S/C17H21NO4.C8H11N/c1-13(18-12-11-14-7-5-4-6-8-14)15(17(20)22-3)9-10-16(19)21-2;9-7-6-8-4-2-1-3-5-8/h4-10,18H,11-12H2,1-3H3;1-5H,6-7,9H2. The van der Waals surface area contributed by atoms with E-state index in [9.17, 15) is 9.59 Å². The van der Waals surface area contributed by atoms with Gasteiger partial charge in [-0.25, -0.2) is 9.59 Å². The molecule has 0 aliphatic heterocycles. The number of ether oxygens (including phenoxy) is 2. The van der Waals surface area contributed by atoms with E-state index in [1.54, 1.807) is 6.92 Å². The fraction of sp³-hybridized carbons (Fsp3) is 0.280. The minimum absolute atomic E-state index is 0.293. The number of nitrogens with two attached hydrogens (primary N) is 1. The number of benzene rings is 2. The molecule has 0 aliphatic rings. The minimum atomic E-state index is -0.529. The number of hydrogen-bond donors (Lipinski definition) is 2. The van der Waals surface area contributed by atoms with Crippen molar-refractivity contribution < 1.29 is 19.1 Å². The van der Waals surface area contributed by atoms with Crippen LogP contribution >= 0.6 is 0 Å². The third-order valence-corrected chi connectivity index (χ3v) is 4.32. The van der Waals surface area contributed by atoms with E-state index in [2.05, 4.69) is 22.2 Å². The molecule has 6 nitrogen and oxygen atoms in total. The molecule has 0 amide bonds. The molecule has 0 saturated heterocycles. The van der Waals surface area contributed by atoms with Crippen LogP contribution < -0.4 is 11.1 Å². The molecule has 0 spiro atoms. The highest BCUT2D eigenvalue weighted by Gasteiger charge is 2.11. The average molecular weight is 425 g/mol. The van der Waals surface area contributed by atoms with Crippen LogP contribution in [-0.4, -0.2) is 39.2 Å². The van der Waals surface area contributed by atoms with E-state index in [0.29, 0.717) is 17.8 Å². The lowest BCUT2D eigenvalue weighted by atomic mass is 10.1. The van der Waals surface area contributed by atoms with Crippen molar-refractivity contribution in [3.8, 4) is 0 Å². The monoisotopic (exact) mass is 424 g/mol. The SMILES string of the molecule is COC(=O)C=CC(C(=O)OC)=C(C)NCCc1ccccc1.NCCc1ccccc1.